The Hall–Kier alpha value is -1.66. The monoisotopic (exact) mass is 246 g/mol. The van der Waals surface area contributed by atoms with Crippen LogP contribution in [0, 0.1) is 0 Å². The Bertz CT molecular complexity index is 378. The molecule has 0 radical (unpaired) electrons. The maximum absolute atomic E-state index is 12.1. The van der Waals surface area contributed by atoms with Crippen LogP contribution in [0.15, 0.2) is 6.20 Å². The van der Waals surface area contributed by atoms with Crippen molar-refractivity contribution >= 4 is 11.7 Å². The number of carbonyl (C=O) groups excluding carboxylic acids is 1. The first kappa shape index (κ1) is 13.4. The zero-order valence-electron chi connectivity index (χ0n) is 9.62. The summed E-state index contributed by atoms with van der Waals surface area (Å²) in [5.41, 5.74) is 5.63. The van der Waals surface area contributed by atoms with Gasteiger partial charge in [-0.1, -0.05) is 13.3 Å². The number of nitrogens with two attached hydrogens (primary N) is 1. The van der Waals surface area contributed by atoms with Crippen molar-refractivity contribution < 1.29 is 13.6 Å². The zero-order valence-corrected chi connectivity index (χ0v) is 9.62. The highest BCUT2D eigenvalue weighted by molar-refractivity contribution is 5.98. The van der Waals surface area contributed by atoms with Gasteiger partial charge in [0.05, 0.1) is 0 Å². The van der Waals surface area contributed by atoms with Gasteiger partial charge in [0.2, 0.25) is 0 Å². The molecule has 0 spiro atoms. The highest BCUT2D eigenvalue weighted by atomic mass is 19.3. The number of hydrogen-bond acceptors (Lipinski definition) is 3. The maximum atomic E-state index is 12.1. The summed E-state index contributed by atoms with van der Waals surface area (Å²) >= 11 is 0. The van der Waals surface area contributed by atoms with E-state index in [1.54, 1.807) is 0 Å². The first-order valence-electron chi connectivity index (χ1n) is 5.43. The van der Waals surface area contributed by atoms with Gasteiger partial charge in [-0.2, -0.15) is 5.10 Å². The van der Waals surface area contributed by atoms with E-state index in [2.05, 4.69) is 10.4 Å². The molecule has 0 aromatic carbocycles. The molecule has 96 valence electrons. The predicted octanol–water partition coefficient (Wildman–Crippen LogP) is 1.26. The Balaban J connectivity index is 2.63. The number of unbranched alkanes of at least 4 members (excludes halogenated alkanes) is 1. The fraction of sp³-hybridized carbons (Fsp3) is 0.600. The molecule has 0 saturated carbocycles. The number of nitrogens with zero attached hydrogens (tertiary/aromatic N) is 2. The average Bonchev–Trinajstić information content (AvgIpc) is 2.58. The molecule has 0 aliphatic heterocycles. The lowest BCUT2D eigenvalue weighted by Crippen LogP contribution is -2.24. The quantitative estimate of drug-likeness (QED) is 0.742. The third-order valence-electron chi connectivity index (χ3n) is 2.18. The standard InChI is InChI=1S/C10H16F2N4O/c1-2-3-4-14-10(17)7-5-16(6-8(11)12)15-9(7)13/h5,8H,2-4,6H2,1H3,(H2,13,15)(H,14,17). The van der Waals surface area contributed by atoms with Crippen molar-refractivity contribution in [2.45, 2.75) is 32.7 Å². The van der Waals surface area contributed by atoms with Gasteiger partial charge in [-0.15, -0.1) is 0 Å². The third-order valence-corrected chi connectivity index (χ3v) is 2.18. The number of nitrogen functional groups attached to an aromatic ring is 1. The SMILES string of the molecule is CCCCNC(=O)c1cn(CC(F)F)nc1N. The van der Waals surface area contributed by atoms with Crippen LogP contribution in [-0.4, -0.2) is 28.7 Å². The lowest BCUT2D eigenvalue weighted by atomic mass is 10.3. The summed E-state index contributed by atoms with van der Waals surface area (Å²) < 4.78 is 25.2. The summed E-state index contributed by atoms with van der Waals surface area (Å²) in [6, 6.07) is 0. The lowest BCUT2D eigenvalue weighted by molar-refractivity contribution is 0.0952. The second-order valence-corrected chi connectivity index (χ2v) is 3.65. The molecular formula is C10H16F2N4O. The Kier molecular flexibility index (Phi) is 4.86. The normalized spacial score (nSPS) is 10.8. The van der Waals surface area contributed by atoms with Gasteiger partial charge in [0.25, 0.3) is 12.3 Å². The molecule has 1 aromatic rings. The molecule has 17 heavy (non-hydrogen) atoms. The number of anilines is 1. The summed E-state index contributed by atoms with van der Waals surface area (Å²) in [6.45, 7) is 1.97. The summed E-state index contributed by atoms with van der Waals surface area (Å²) in [6.07, 6.45) is 0.533. The van der Waals surface area contributed by atoms with Crippen LogP contribution in [0.5, 0.6) is 0 Å². The van der Waals surface area contributed by atoms with E-state index < -0.39 is 13.0 Å². The Labute approximate surface area is 98.0 Å². The van der Waals surface area contributed by atoms with E-state index in [0.717, 1.165) is 17.5 Å². The molecule has 1 heterocycles. The number of hydrogen-bond donors (Lipinski definition) is 2. The number of amides is 1. The van der Waals surface area contributed by atoms with Crippen molar-refractivity contribution in [2.75, 3.05) is 12.3 Å². The molecule has 0 aliphatic carbocycles. The van der Waals surface area contributed by atoms with Gasteiger partial charge < -0.3 is 11.1 Å². The summed E-state index contributed by atoms with van der Waals surface area (Å²) in [7, 11) is 0. The molecule has 0 atom stereocenters. The van der Waals surface area contributed by atoms with Gasteiger partial charge in [-0.05, 0) is 6.42 Å². The second kappa shape index (κ2) is 6.17. The summed E-state index contributed by atoms with van der Waals surface area (Å²) in [4.78, 5) is 11.6. The molecule has 3 N–H and O–H groups in total. The Morgan fingerprint density at radius 1 is 1.65 bits per heavy atom. The number of alkyl halides is 2. The van der Waals surface area contributed by atoms with Crippen molar-refractivity contribution in [2.24, 2.45) is 0 Å². The molecule has 0 bridgehead atoms. The topological polar surface area (TPSA) is 72.9 Å². The minimum absolute atomic E-state index is 0.0281. The summed E-state index contributed by atoms with van der Waals surface area (Å²) in [5, 5.41) is 6.30. The van der Waals surface area contributed by atoms with E-state index in [1.807, 2.05) is 6.92 Å². The second-order valence-electron chi connectivity index (χ2n) is 3.65. The average molecular weight is 246 g/mol. The zero-order chi connectivity index (χ0) is 12.8. The molecule has 0 aliphatic rings. The molecule has 0 saturated heterocycles. The minimum Gasteiger partial charge on any atom is -0.382 e. The number of nitrogens with one attached hydrogen (secondary N) is 1. The van der Waals surface area contributed by atoms with Crippen LogP contribution in [0.3, 0.4) is 0 Å². The first-order valence-corrected chi connectivity index (χ1v) is 5.43. The van der Waals surface area contributed by atoms with Crippen molar-refractivity contribution in [1.29, 1.82) is 0 Å². The molecule has 7 heteroatoms. The van der Waals surface area contributed by atoms with Gasteiger partial charge >= 0.3 is 0 Å². The van der Waals surface area contributed by atoms with E-state index in [0.29, 0.717) is 6.54 Å². The van der Waals surface area contributed by atoms with Crippen molar-refractivity contribution in [1.82, 2.24) is 15.1 Å². The number of halogens is 2. The molecule has 5 nitrogen and oxygen atoms in total. The Morgan fingerprint density at radius 3 is 2.94 bits per heavy atom. The van der Waals surface area contributed by atoms with Gasteiger partial charge in [-0.3, -0.25) is 9.48 Å². The van der Waals surface area contributed by atoms with Gasteiger partial charge in [-0.25, -0.2) is 8.78 Å². The largest absolute Gasteiger partial charge is 0.382 e. The van der Waals surface area contributed by atoms with E-state index >= 15 is 0 Å². The maximum Gasteiger partial charge on any atom is 0.257 e. The molecule has 1 aromatic heterocycles. The third kappa shape index (κ3) is 4.01. The van der Waals surface area contributed by atoms with E-state index in [9.17, 15) is 13.6 Å². The van der Waals surface area contributed by atoms with Crippen LogP contribution in [0.2, 0.25) is 0 Å². The molecule has 1 amide bonds. The van der Waals surface area contributed by atoms with Crippen LogP contribution in [0.1, 0.15) is 30.1 Å². The van der Waals surface area contributed by atoms with Crippen molar-refractivity contribution in [3.05, 3.63) is 11.8 Å². The molecule has 0 fully saturated rings. The minimum atomic E-state index is -2.52. The van der Waals surface area contributed by atoms with Crippen LogP contribution < -0.4 is 11.1 Å². The molecule has 0 unspecified atom stereocenters. The van der Waals surface area contributed by atoms with Crippen molar-refractivity contribution in [3.8, 4) is 0 Å². The molecule has 1 rings (SSSR count). The molecular weight excluding hydrogens is 230 g/mol. The van der Waals surface area contributed by atoms with Gasteiger partial charge in [0.1, 0.15) is 12.1 Å². The van der Waals surface area contributed by atoms with Crippen molar-refractivity contribution in [3.63, 3.8) is 0 Å². The van der Waals surface area contributed by atoms with Gasteiger partial charge in [0.15, 0.2) is 5.82 Å². The van der Waals surface area contributed by atoms with Crippen LogP contribution in [0.4, 0.5) is 14.6 Å². The van der Waals surface area contributed by atoms with Gasteiger partial charge in [0, 0.05) is 12.7 Å². The predicted molar refractivity (Wildman–Crippen MR) is 59.9 cm³/mol. The van der Waals surface area contributed by atoms with Crippen LogP contribution in [0.25, 0.3) is 0 Å². The Morgan fingerprint density at radius 2 is 2.35 bits per heavy atom. The van der Waals surface area contributed by atoms with E-state index in [4.69, 9.17) is 5.73 Å². The summed E-state index contributed by atoms with van der Waals surface area (Å²) in [5.74, 6) is -0.406. The number of rotatable bonds is 6. The smallest absolute Gasteiger partial charge is 0.257 e. The lowest BCUT2D eigenvalue weighted by Gasteiger charge is -2.01. The number of carbonyl (C=O) groups is 1. The highest BCUT2D eigenvalue weighted by Gasteiger charge is 2.15. The van der Waals surface area contributed by atoms with E-state index in [-0.39, 0.29) is 17.3 Å². The fourth-order valence-electron chi connectivity index (χ4n) is 1.32. The fourth-order valence-corrected chi connectivity index (χ4v) is 1.32. The van der Waals surface area contributed by atoms with E-state index in [1.165, 1.54) is 6.20 Å². The first-order chi connectivity index (χ1) is 8.04. The van der Waals surface area contributed by atoms with Crippen LogP contribution in [-0.2, 0) is 6.54 Å². The van der Waals surface area contributed by atoms with Crippen LogP contribution >= 0.6 is 0 Å². The number of aromatic nitrogens is 2. The highest BCUT2D eigenvalue weighted by Crippen LogP contribution is 2.10.